The first-order valence-corrected chi connectivity index (χ1v) is 9.35. The molecule has 150 valence electrons. The van der Waals surface area contributed by atoms with Crippen molar-refractivity contribution < 1.29 is 23.9 Å². The van der Waals surface area contributed by atoms with Gasteiger partial charge in [0.25, 0.3) is 5.91 Å². The van der Waals surface area contributed by atoms with Crippen LogP contribution in [0.15, 0.2) is 42.5 Å². The number of fused-ring (bicyclic) bond motifs is 1. The van der Waals surface area contributed by atoms with E-state index in [2.05, 4.69) is 10.6 Å². The molecule has 0 bridgehead atoms. The van der Waals surface area contributed by atoms with E-state index >= 15 is 0 Å². The van der Waals surface area contributed by atoms with Gasteiger partial charge in [0.2, 0.25) is 5.91 Å². The number of carbonyl (C=O) groups excluding carboxylic acids is 3. The molecule has 1 fully saturated rings. The molecule has 2 aliphatic heterocycles. The molecule has 0 spiro atoms. The molecule has 1 atom stereocenters. The van der Waals surface area contributed by atoms with Crippen molar-refractivity contribution in [2.24, 2.45) is 0 Å². The smallest absolute Gasteiger partial charge is 0.325 e. The van der Waals surface area contributed by atoms with E-state index in [4.69, 9.17) is 21.1 Å². The lowest BCUT2D eigenvalue weighted by molar-refractivity contribution is -0.133. The summed E-state index contributed by atoms with van der Waals surface area (Å²) in [7, 11) is 0. The number of hydrogen-bond donors (Lipinski definition) is 2. The number of imide groups is 1. The zero-order valence-electron chi connectivity index (χ0n) is 15.5. The van der Waals surface area contributed by atoms with Gasteiger partial charge in [-0.1, -0.05) is 29.8 Å². The Labute approximate surface area is 171 Å². The van der Waals surface area contributed by atoms with Crippen molar-refractivity contribution >= 4 is 35.1 Å². The van der Waals surface area contributed by atoms with Crippen LogP contribution in [0.2, 0.25) is 5.02 Å². The Balaban J connectivity index is 1.48. The first-order chi connectivity index (χ1) is 13.9. The number of benzene rings is 2. The number of nitrogens with one attached hydrogen (secondary N) is 2. The normalized spacial score (nSPS) is 20.4. The zero-order chi connectivity index (χ0) is 20.6. The minimum absolute atomic E-state index is 0.353. The molecule has 29 heavy (non-hydrogen) atoms. The average Bonchev–Trinajstić information content (AvgIpc) is 2.92. The van der Waals surface area contributed by atoms with Crippen molar-refractivity contribution in [3.05, 3.63) is 53.1 Å². The Morgan fingerprint density at radius 1 is 1.17 bits per heavy atom. The van der Waals surface area contributed by atoms with Gasteiger partial charge >= 0.3 is 6.03 Å². The van der Waals surface area contributed by atoms with E-state index in [0.717, 1.165) is 4.90 Å². The Hall–Kier alpha value is -3.26. The van der Waals surface area contributed by atoms with Crippen LogP contribution in [0, 0.1) is 0 Å². The highest BCUT2D eigenvalue weighted by molar-refractivity contribution is 6.32. The van der Waals surface area contributed by atoms with Crippen LogP contribution in [-0.4, -0.2) is 42.5 Å². The predicted molar refractivity (Wildman–Crippen MR) is 105 cm³/mol. The minimum Gasteiger partial charge on any atom is -0.486 e. The molecule has 0 aliphatic carbocycles. The fourth-order valence-electron chi connectivity index (χ4n) is 3.36. The summed E-state index contributed by atoms with van der Waals surface area (Å²) in [5, 5.41) is 5.65. The van der Waals surface area contributed by atoms with Gasteiger partial charge in [0.1, 0.15) is 25.3 Å². The Morgan fingerprint density at radius 2 is 1.90 bits per heavy atom. The largest absolute Gasteiger partial charge is 0.486 e. The van der Waals surface area contributed by atoms with Gasteiger partial charge in [0.05, 0.1) is 0 Å². The number of hydrogen-bond acceptors (Lipinski definition) is 5. The van der Waals surface area contributed by atoms with Gasteiger partial charge in [0.15, 0.2) is 11.5 Å². The quantitative estimate of drug-likeness (QED) is 0.748. The van der Waals surface area contributed by atoms with Gasteiger partial charge in [-0.3, -0.25) is 14.5 Å². The third-order valence-corrected chi connectivity index (χ3v) is 5.14. The molecule has 8 nitrogen and oxygen atoms in total. The van der Waals surface area contributed by atoms with Crippen molar-refractivity contribution in [3.8, 4) is 11.5 Å². The van der Waals surface area contributed by atoms with Gasteiger partial charge in [-0.25, -0.2) is 4.79 Å². The fourth-order valence-corrected chi connectivity index (χ4v) is 3.68. The van der Waals surface area contributed by atoms with Crippen LogP contribution in [0.1, 0.15) is 12.5 Å². The summed E-state index contributed by atoms with van der Waals surface area (Å²) in [6, 6.07) is 11.1. The molecule has 2 aromatic rings. The van der Waals surface area contributed by atoms with Gasteiger partial charge in [-0.2, -0.15) is 0 Å². The van der Waals surface area contributed by atoms with Crippen LogP contribution in [-0.2, 0) is 15.1 Å². The van der Waals surface area contributed by atoms with Crippen molar-refractivity contribution in [3.63, 3.8) is 0 Å². The summed E-state index contributed by atoms with van der Waals surface area (Å²) in [5.74, 6) is 0.0516. The van der Waals surface area contributed by atoms with E-state index in [1.807, 2.05) is 0 Å². The second-order valence-electron chi connectivity index (χ2n) is 6.83. The highest BCUT2D eigenvalue weighted by Gasteiger charge is 2.50. The molecule has 0 radical (unpaired) electrons. The monoisotopic (exact) mass is 415 g/mol. The lowest BCUT2D eigenvalue weighted by Gasteiger charge is -2.23. The molecule has 4 amide bonds. The van der Waals surface area contributed by atoms with E-state index < -0.39 is 29.9 Å². The van der Waals surface area contributed by atoms with Crippen molar-refractivity contribution in [2.45, 2.75) is 12.5 Å². The number of ether oxygens (including phenoxy) is 2. The lowest BCUT2D eigenvalue weighted by atomic mass is 9.92. The van der Waals surface area contributed by atoms with Crippen LogP contribution in [0.3, 0.4) is 0 Å². The SMILES string of the molecule is C[C@]1(c2ccccc2Cl)NC(=O)N(CC(=O)Nc2ccc3c(c2)OCCO3)C1=O. The number of carbonyl (C=O) groups is 3. The number of anilines is 1. The summed E-state index contributed by atoms with van der Waals surface area (Å²) in [5.41, 5.74) is -0.401. The Morgan fingerprint density at radius 3 is 2.66 bits per heavy atom. The van der Waals surface area contributed by atoms with Crippen LogP contribution >= 0.6 is 11.6 Å². The molecule has 4 rings (SSSR count). The lowest BCUT2D eigenvalue weighted by Crippen LogP contribution is -2.42. The number of rotatable bonds is 4. The average molecular weight is 416 g/mol. The molecule has 9 heteroatoms. The summed E-state index contributed by atoms with van der Waals surface area (Å²) in [6.45, 7) is 2.02. The minimum atomic E-state index is -1.34. The van der Waals surface area contributed by atoms with Crippen LogP contribution < -0.4 is 20.1 Å². The maximum absolute atomic E-state index is 12.9. The first kappa shape index (κ1) is 19.1. The molecule has 2 heterocycles. The van der Waals surface area contributed by atoms with E-state index in [-0.39, 0.29) is 0 Å². The maximum atomic E-state index is 12.9. The molecule has 2 aromatic carbocycles. The van der Waals surface area contributed by atoms with E-state index in [9.17, 15) is 14.4 Å². The Bertz CT molecular complexity index is 1010. The number of nitrogens with zero attached hydrogens (tertiary/aromatic N) is 1. The molecular weight excluding hydrogens is 398 g/mol. The van der Waals surface area contributed by atoms with Gasteiger partial charge < -0.3 is 20.1 Å². The second-order valence-corrected chi connectivity index (χ2v) is 7.24. The second kappa shape index (κ2) is 7.29. The maximum Gasteiger partial charge on any atom is 0.325 e. The highest BCUT2D eigenvalue weighted by atomic mass is 35.5. The van der Waals surface area contributed by atoms with Crippen LogP contribution in [0.4, 0.5) is 10.5 Å². The number of amides is 4. The standard InChI is InChI=1S/C20H18ClN3O5/c1-20(13-4-2-3-5-14(13)21)18(26)24(19(27)23-20)11-17(25)22-12-6-7-15-16(10-12)29-9-8-28-15/h2-7,10H,8-9,11H2,1H3,(H,22,25)(H,23,27)/t20-/m1/s1. The van der Waals surface area contributed by atoms with Gasteiger partial charge in [0, 0.05) is 22.3 Å². The molecule has 2 aliphatic rings. The zero-order valence-corrected chi connectivity index (χ0v) is 16.3. The molecule has 1 saturated heterocycles. The molecule has 2 N–H and O–H groups in total. The topological polar surface area (TPSA) is 97.0 Å². The summed E-state index contributed by atoms with van der Waals surface area (Å²) in [6.07, 6.45) is 0. The highest BCUT2D eigenvalue weighted by Crippen LogP contribution is 2.34. The summed E-state index contributed by atoms with van der Waals surface area (Å²) >= 11 is 6.20. The number of urea groups is 1. The van der Waals surface area contributed by atoms with Gasteiger partial charge in [-0.05, 0) is 25.1 Å². The van der Waals surface area contributed by atoms with Crippen molar-refractivity contribution in [1.82, 2.24) is 10.2 Å². The predicted octanol–water partition coefficient (Wildman–Crippen LogP) is 2.52. The molecule has 0 saturated carbocycles. The Kier molecular flexibility index (Phi) is 4.79. The molecule has 0 aromatic heterocycles. The van der Waals surface area contributed by atoms with Crippen molar-refractivity contribution in [1.29, 1.82) is 0 Å². The first-order valence-electron chi connectivity index (χ1n) is 8.97. The van der Waals surface area contributed by atoms with Gasteiger partial charge in [-0.15, -0.1) is 0 Å². The third-order valence-electron chi connectivity index (χ3n) is 4.82. The van der Waals surface area contributed by atoms with Crippen LogP contribution in [0.25, 0.3) is 0 Å². The molecular formula is C20H18ClN3O5. The van der Waals surface area contributed by atoms with E-state index in [1.165, 1.54) is 0 Å². The third kappa shape index (κ3) is 3.47. The fraction of sp³-hybridized carbons (Fsp3) is 0.250. The van der Waals surface area contributed by atoms with Crippen molar-refractivity contribution in [2.75, 3.05) is 25.1 Å². The number of halogens is 1. The molecule has 0 unspecified atom stereocenters. The summed E-state index contributed by atoms with van der Waals surface area (Å²) < 4.78 is 10.9. The van der Waals surface area contributed by atoms with Crippen LogP contribution in [0.5, 0.6) is 11.5 Å². The van der Waals surface area contributed by atoms with E-state index in [1.54, 1.807) is 49.4 Å². The van der Waals surface area contributed by atoms with E-state index in [0.29, 0.717) is 41.0 Å². The summed E-state index contributed by atoms with van der Waals surface area (Å²) in [4.78, 5) is 38.7.